The summed E-state index contributed by atoms with van der Waals surface area (Å²) in [5, 5.41) is 15.1. The number of amides is 2. The fraction of sp³-hybridized carbons (Fsp3) is 0.556. The number of hydrogen-bond acceptors (Lipinski definition) is 5. The standard InChI is InChI=1S/C27H37ClN4O3/c1-17(2)21(31-22(33)20-12-14-29-24(30-20)25(3,4)5)23(34)32-15-13-27(35,26(6,7)16-32)18-8-10-19(28)11-9-18/h8-12,14,17,21,35H,13,15-16H2,1-7H3,(H,31,33)/t21-,27+/m1/s1. The Balaban J connectivity index is 1.78. The zero-order chi connectivity index (χ0) is 26.2. The monoisotopic (exact) mass is 500 g/mol. The number of carbonyl (C=O) groups excluding carboxylic acids is 2. The SMILES string of the molecule is CC(C)[C@@H](NC(=O)c1ccnc(C(C)(C)C)n1)C(=O)N1CC[C@](O)(c2ccc(Cl)cc2)C(C)(C)C1. The lowest BCUT2D eigenvalue weighted by atomic mass is 9.66. The lowest BCUT2D eigenvalue weighted by Crippen LogP contribution is -2.60. The molecule has 8 heteroatoms. The molecule has 1 aromatic carbocycles. The van der Waals surface area contributed by atoms with Gasteiger partial charge >= 0.3 is 0 Å². The van der Waals surface area contributed by atoms with Crippen molar-refractivity contribution in [3.8, 4) is 0 Å². The zero-order valence-corrected chi connectivity index (χ0v) is 22.5. The molecule has 2 aromatic rings. The van der Waals surface area contributed by atoms with Gasteiger partial charge in [0.25, 0.3) is 5.91 Å². The Morgan fingerprint density at radius 1 is 1.14 bits per heavy atom. The van der Waals surface area contributed by atoms with E-state index in [9.17, 15) is 14.7 Å². The Morgan fingerprint density at radius 3 is 2.31 bits per heavy atom. The molecule has 2 N–H and O–H groups in total. The van der Waals surface area contributed by atoms with Crippen LogP contribution < -0.4 is 5.32 Å². The number of likely N-dealkylation sites (tertiary alicyclic amines) is 1. The molecular weight excluding hydrogens is 464 g/mol. The minimum Gasteiger partial charge on any atom is -0.384 e. The second-order valence-electron chi connectivity index (χ2n) is 11.5. The summed E-state index contributed by atoms with van der Waals surface area (Å²) in [4.78, 5) is 37.1. The van der Waals surface area contributed by atoms with Crippen LogP contribution in [0.5, 0.6) is 0 Å². The molecule has 1 aliphatic rings. The highest BCUT2D eigenvalue weighted by Crippen LogP contribution is 2.46. The molecule has 0 saturated carbocycles. The molecule has 3 rings (SSSR count). The summed E-state index contributed by atoms with van der Waals surface area (Å²) >= 11 is 6.04. The summed E-state index contributed by atoms with van der Waals surface area (Å²) in [5.74, 6) is -0.129. The molecule has 0 spiro atoms. The number of hydrogen-bond donors (Lipinski definition) is 2. The maximum atomic E-state index is 13.6. The number of halogens is 1. The first kappa shape index (κ1) is 27.1. The van der Waals surface area contributed by atoms with Crippen LogP contribution in [0.15, 0.2) is 36.5 Å². The molecule has 2 atom stereocenters. The summed E-state index contributed by atoms with van der Waals surface area (Å²) in [5.41, 5.74) is -1.00. The van der Waals surface area contributed by atoms with Crippen molar-refractivity contribution in [2.45, 2.75) is 71.9 Å². The van der Waals surface area contributed by atoms with Crippen molar-refractivity contribution in [3.05, 3.63) is 58.6 Å². The molecule has 0 radical (unpaired) electrons. The van der Waals surface area contributed by atoms with E-state index < -0.39 is 23.0 Å². The third-order valence-electron chi connectivity index (χ3n) is 6.86. The number of nitrogens with zero attached hydrogens (tertiary/aromatic N) is 3. The summed E-state index contributed by atoms with van der Waals surface area (Å²) < 4.78 is 0. The fourth-order valence-corrected chi connectivity index (χ4v) is 4.67. The molecule has 1 fully saturated rings. The maximum Gasteiger partial charge on any atom is 0.270 e. The topological polar surface area (TPSA) is 95.4 Å². The Morgan fingerprint density at radius 2 is 1.77 bits per heavy atom. The highest BCUT2D eigenvalue weighted by atomic mass is 35.5. The van der Waals surface area contributed by atoms with Crippen LogP contribution in [0.4, 0.5) is 0 Å². The van der Waals surface area contributed by atoms with Crippen LogP contribution in [0.25, 0.3) is 0 Å². The van der Waals surface area contributed by atoms with Gasteiger partial charge in [-0.15, -0.1) is 0 Å². The van der Waals surface area contributed by atoms with Gasteiger partial charge in [-0.3, -0.25) is 9.59 Å². The quantitative estimate of drug-likeness (QED) is 0.637. The Kier molecular flexibility index (Phi) is 7.63. The zero-order valence-electron chi connectivity index (χ0n) is 21.7. The van der Waals surface area contributed by atoms with E-state index in [1.807, 2.05) is 60.6 Å². The Labute approximate surface area is 213 Å². The van der Waals surface area contributed by atoms with Crippen LogP contribution in [0.3, 0.4) is 0 Å². The number of aliphatic hydroxyl groups is 1. The molecule has 7 nitrogen and oxygen atoms in total. The molecule has 1 saturated heterocycles. The van der Waals surface area contributed by atoms with Crippen LogP contribution in [0, 0.1) is 11.3 Å². The number of nitrogens with one attached hydrogen (secondary N) is 1. The average Bonchev–Trinajstić information content (AvgIpc) is 2.78. The maximum absolute atomic E-state index is 13.6. The van der Waals surface area contributed by atoms with Gasteiger partial charge in [0.15, 0.2) is 0 Å². The number of carbonyl (C=O) groups is 2. The van der Waals surface area contributed by atoms with E-state index >= 15 is 0 Å². The van der Waals surface area contributed by atoms with Crippen molar-refractivity contribution >= 4 is 23.4 Å². The van der Waals surface area contributed by atoms with Crippen LogP contribution in [-0.4, -0.2) is 50.9 Å². The second kappa shape index (κ2) is 9.86. The molecule has 1 aromatic heterocycles. The van der Waals surface area contributed by atoms with E-state index in [1.54, 1.807) is 29.3 Å². The number of aromatic nitrogens is 2. The van der Waals surface area contributed by atoms with E-state index in [2.05, 4.69) is 15.3 Å². The van der Waals surface area contributed by atoms with Gasteiger partial charge in [-0.05, 0) is 36.1 Å². The van der Waals surface area contributed by atoms with Gasteiger partial charge in [0.1, 0.15) is 17.6 Å². The Bertz CT molecular complexity index is 1080. The van der Waals surface area contributed by atoms with Crippen LogP contribution in [-0.2, 0) is 15.8 Å². The van der Waals surface area contributed by atoms with E-state index in [4.69, 9.17) is 11.6 Å². The van der Waals surface area contributed by atoms with Crippen molar-refractivity contribution in [1.29, 1.82) is 0 Å². The summed E-state index contributed by atoms with van der Waals surface area (Å²) in [6, 6.07) is 8.06. The van der Waals surface area contributed by atoms with Crippen LogP contribution in [0.1, 0.15) is 76.8 Å². The first-order valence-electron chi connectivity index (χ1n) is 12.1. The molecule has 35 heavy (non-hydrogen) atoms. The summed E-state index contributed by atoms with van der Waals surface area (Å²) in [6.07, 6.45) is 1.95. The molecular formula is C27H37ClN4O3. The molecule has 0 bridgehead atoms. The third kappa shape index (κ3) is 5.67. The van der Waals surface area contributed by atoms with Crippen LogP contribution >= 0.6 is 11.6 Å². The Hall–Kier alpha value is -2.51. The number of piperidine rings is 1. The van der Waals surface area contributed by atoms with Gasteiger partial charge in [0.05, 0.1) is 5.60 Å². The van der Waals surface area contributed by atoms with Crippen molar-refractivity contribution < 1.29 is 14.7 Å². The molecule has 1 aliphatic heterocycles. The largest absolute Gasteiger partial charge is 0.384 e. The predicted molar refractivity (Wildman–Crippen MR) is 137 cm³/mol. The smallest absolute Gasteiger partial charge is 0.270 e. The highest BCUT2D eigenvalue weighted by Gasteiger charge is 2.50. The third-order valence-corrected chi connectivity index (χ3v) is 7.11. The van der Waals surface area contributed by atoms with Crippen molar-refractivity contribution in [2.24, 2.45) is 11.3 Å². The van der Waals surface area contributed by atoms with E-state index in [0.29, 0.717) is 30.4 Å². The van der Waals surface area contributed by atoms with Crippen molar-refractivity contribution in [3.63, 3.8) is 0 Å². The van der Waals surface area contributed by atoms with Gasteiger partial charge in [-0.25, -0.2) is 9.97 Å². The van der Waals surface area contributed by atoms with Gasteiger partial charge in [-0.2, -0.15) is 0 Å². The van der Waals surface area contributed by atoms with Gasteiger partial charge in [0, 0.05) is 35.1 Å². The number of rotatable bonds is 5. The summed E-state index contributed by atoms with van der Waals surface area (Å²) in [7, 11) is 0. The predicted octanol–water partition coefficient (Wildman–Crippen LogP) is 4.33. The summed E-state index contributed by atoms with van der Waals surface area (Å²) in [6.45, 7) is 14.4. The lowest BCUT2D eigenvalue weighted by Gasteiger charge is -2.51. The fourth-order valence-electron chi connectivity index (χ4n) is 4.54. The van der Waals surface area contributed by atoms with E-state index in [0.717, 1.165) is 5.56 Å². The van der Waals surface area contributed by atoms with Crippen molar-refractivity contribution in [1.82, 2.24) is 20.2 Å². The average molecular weight is 501 g/mol. The molecule has 0 unspecified atom stereocenters. The van der Waals surface area contributed by atoms with Gasteiger partial charge in [-0.1, -0.05) is 72.2 Å². The molecule has 190 valence electrons. The van der Waals surface area contributed by atoms with E-state index in [-0.39, 0.29) is 22.9 Å². The molecule has 2 heterocycles. The van der Waals surface area contributed by atoms with Crippen LogP contribution in [0.2, 0.25) is 5.02 Å². The minimum atomic E-state index is -1.10. The van der Waals surface area contributed by atoms with Gasteiger partial charge in [0.2, 0.25) is 5.91 Å². The van der Waals surface area contributed by atoms with Gasteiger partial charge < -0.3 is 15.3 Å². The molecule has 2 amide bonds. The second-order valence-corrected chi connectivity index (χ2v) is 11.9. The highest BCUT2D eigenvalue weighted by molar-refractivity contribution is 6.30. The first-order chi connectivity index (χ1) is 16.2. The first-order valence-corrected chi connectivity index (χ1v) is 12.4. The lowest BCUT2D eigenvalue weighted by molar-refractivity contribution is -0.155. The molecule has 0 aliphatic carbocycles. The minimum absolute atomic E-state index is 0.129. The normalized spacial score (nSPS) is 21.0. The van der Waals surface area contributed by atoms with E-state index in [1.165, 1.54) is 0 Å². The number of benzene rings is 1. The van der Waals surface area contributed by atoms with Crippen molar-refractivity contribution in [2.75, 3.05) is 13.1 Å².